The van der Waals surface area contributed by atoms with Gasteiger partial charge in [-0.3, -0.25) is 0 Å². The summed E-state index contributed by atoms with van der Waals surface area (Å²) in [6.45, 7) is 3.87. The highest BCUT2D eigenvalue weighted by atomic mass is 32.2. The van der Waals surface area contributed by atoms with E-state index in [1.165, 1.54) is 12.1 Å². The van der Waals surface area contributed by atoms with Crippen LogP contribution in [-0.2, 0) is 10.0 Å². The maximum absolute atomic E-state index is 14.9. The van der Waals surface area contributed by atoms with Crippen molar-refractivity contribution in [2.45, 2.75) is 62.6 Å². The van der Waals surface area contributed by atoms with Gasteiger partial charge in [0.25, 0.3) is 0 Å². The van der Waals surface area contributed by atoms with Crippen LogP contribution in [0, 0.1) is 5.82 Å². The summed E-state index contributed by atoms with van der Waals surface area (Å²) in [5.74, 6) is 0.112. The highest BCUT2D eigenvalue weighted by molar-refractivity contribution is 7.89. The van der Waals surface area contributed by atoms with Crippen molar-refractivity contribution >= 4 is 10.0 Å². The van der Waals surface area contributed by atoms with Gasteiger partial charge in [-0.1, -0.05) is 18.2 Å². The van der Waals surface area contributed by atoms with Gasteiger partial charge in [0.15, 0.2) is 0 Å². The lowest BCUT2D eigenvalue weighted by atomic mass is 9.91. The molecule has 0 spiro atoms. The lowest BCUT2D eigenvalue weighted by Crippen LogP contribution is -2.38. The number of ether oxygens (including phenoxy) is 1. The Balaban J connectivity index is 1.48. The van der Waals surface area contributed by atoms with Gasteiger partial charge in [-0.2, -0.15) is 0 Å². The Morgan fingerprint density at radius 1 is 1.09 bits per heavy atom. The van der Waals surface area contributed by atoms with Crippen LogP contribution in [0.25, 0.3) is 11.1 Å². The van der Waals surface area contributed by atoms with Crippen molar-refractivity contribution in [1.82, 2.24) is 19.5 Å². The van der Waals surface area contributed by atoms with Crippen LogP contribution in [0.3, 0.4) is 0 Å². The maximum atomic E-state index is 14.9. The lowest BCUT2D eigenvalue weighted by Gasteiger charge is -2.30. The van der Waals surface area contributed by atoms with Crippen molar-refractivity contribution in [3.05, 3.63) is 60.9 Å². The molecule has 7 nitrogen and oxygen atoms in total. The zero-order valence-electron chi connectivity index (χ0n) is 18.1. The standard InChI is InChI=1S/C23H27FN4O3S/c1-16(2)31-20-8-6-17(7-9-20)22-11-10-21(13-23(22)24)32(29,30)27-18-4-3-5-19(12-18)28-14-25-26-15-28/h6-11,13-16,18-19,27H,3-5,12H2,1-2H3. The molecule has 0 amide bonds. The number of nitrogens with one attached hydrogen (secondary N) is 1. The largest absolute Gasteiger partial charge is 0.491 e. The van der Waals surface area contributed by atoms with Crippen LogP contribution in [0.2, 0.25) is 0 Å². The minimum Gasteiger partial charge on any atom is -0.491 e. The second kappa shape index (κ2) is 9.38. The Hall–Kier alpha value is -2.78. The summed E-state index contributed by atoms with van der Waals surface area (Å²) in [6.07, 6.45) is 6.56. The second-order valence-corrected chi connectivity index (χ2v) is 10.1. The number of hydrogen-bond donors (Lipinski definition) is 1. The molecule has 1 fully saturated rings. The van der Waals surface area contributed by atoms with Crippen LogP contribution in [0.15, 0.2) is 60.0 Å². The molecular formula is C23H27FN4O3S. The monoisotopic (exact) mass is 458 g/mol. The first-order chi connectivity index (χ1) is 15.3. The van der Waals surface area contributed by atoms with Crippen molar-refractivity contribution in [3.8, 4) is 16.9 Å². The maximum Gasteiger partial charge on any atom is 0.240 e. The number of sulfonamides is 1. The van der Waals surface area contributed by atoms with Gasteiger partial charge in [-0.05, 0) is 69.4 Å². The number of hydrogen-bond acceptors (Lipinski definition) is 5. The van der Waals surface area contributed by atoms with E-state index in [0.29, 0.717) is 23.3 Å². The third-order valence-corrected chi connectivity index (χ3v) is 7.13. The zero-order chi connectivity index (χ0) is 22.7. The molecule has 2 unspecified atom stereocenters. The third-order valence-electron chi connectivity index (χ3n) is 5.61. The third kappa shape index (κ3) is 5.16. The van der Waals surface area contributed by atoms with Crippen molar-refractivity contribution in [2.75, 3.05) is 0 Å². The lowest BCUT2D eigenvalue weighted by molar-refractivity contribution is 0.242. The Bertz CT molecular complexity index is 1150. The summed E-state index contributed by atoms with van der Waals surface area (Å²) in [6, 6.07) is 11.0. The summed E-state index contributed by atoms with van der Waals surface area (Å²) < 4.78 is 51.0. The van der Waals surface area contributed by atoms with Crippen LogP contribution in [0.1, 0.15) is 45.6 Å². The fourth-order valence-electron chi connectivity index (χ4n) is 4.11. The summed E-state index contributed by atoms with van der Waals surface area (Å²) in [5, 5.41) is 7.66. The molecular weight excluding hydrogens is 431 g/mol. The Morgan fingerprint density at radius 2 is 1.81 bits per heavy atom. The molecule has 1 saturated carbocycles. The minimum absolute atomic E-state index is 0.0469. The van der Waals surface area contributed by atoms with Crippen molar-refractivity contribution < 1.29 is 17.5 Å². The Morgan fingerprint density at radius 3 is 2.47 bits per heavy atom. The van der Waals surface area contributed by atoms with E-state index in [2.05, 4.69) is 14.9 Å². The topological polar surface area (TPSA) is 86.1 Å². The number of benzene rings is 2. The smallest absolute Gasteiger partial charge is 0.240 e. The second-order valence-electron chi connectivity index (χ2n) is 8.38. The summed E-state index contributed by atoms with van der Waals surface area (Å²) in [7, 11) is -3.84. The molecule has 4 rings (SSSR count). The van der Waals surface area contributed by atoms with E-state index in [-0.39, 0.29) is 23.1 Å². The normalized spacial score (nSPS) is 19.2. The van der Waals surface area contributed by atoms with Crippen LogP contribution in [-0.4, -0.2) is 35.3 Å². The van der Waals surface area contributed by atoms with Gasteiger partial charge >= 0.3 is 0 Å². The van der Waals surface area contributed by atoms with E-state index in [1.54, 1.807) is 36.9 Å². The molecule has 0 bridgehead atoms. The molecule has 3 aromatic rings. The van der Waals surface area contributed by atoms with Gasteiger partial charge in [0.05, 0.1) is 11.0 Å². The highest BCUT2D eigenvalue weighted by Crippen LogP contribution is 2.30. The van der Waals surface area contributed by atoms with E-state index >= 15 is 0 Å². The number of halogens is 1. The molecule has 2 aromatic carbocycles. The van der Waals surface area contributed by atoms with Crippen LogP contribution >= 0.6 is 0 Å². The molecule has 1 aromatic heterocycles. The van der Waals surface area contributed by atoms with Crippen LogP contribution in [0.5, 0.6) is 5.75 Å². The van der Waals surface area contributed by atoms with Gasteiger partial charge in [0.1, 0.15) is 24.2 Å². The van der Waals surface area contributed by atoms with Gasteiger partial charge in [-0.15, -0.1) is 10.2 Å². The van der Waals surface area contributed by atoms with Crippen LogP contribution in [0.4, 0.5) is 4.39 Å². The Labute approximate surface area is 187 Å². The van der Waals surface area contributed by atoms with Gasteiger partial charge in [-0.25, -0.2) is 17.5 Å². The molecule has 1 aliphatic carbocycles. The molecule has 32 heavy (non-hydrogen) atoms. The van der Waals surface area contributed by atoms with E-state index in [9.17, 15) is 12.8 Å². The van der Waals surface area contributed by atoms with Crippen molar-refractivity contribution in [2.24, 2.45) is 0 Å². The first kappa shape index (κ1) is 22.4. The van der Waals surface area contributed by atoms with Crippen molar-refractivity contribution in [3.63, 3.8) is 0 Å². The minimum atomic E-state index is -3.84. The van der Waals surface area contributed by atoms with Crippen LogP contribution < -0.4 is 9.46 Å². The highest BCUT2D eigenvalue weighted by Gasteiger charge is 2.28. The molecule has 2 atom stereocenters. The molecule has 170 valence electrons. The van der Waals surface area contributed by atoms with Gasteiger partial charge < -0.3 is 9.30 Å². The molecule has 1 aliphatic rings. The fraction of sp³-hybridized carbons (Fsp3) is 0.391. The first-order valence-electron chi connectivity index (χ1n) is 10.7. The number of aromatic nitrogens is 3. The quantitative estimate of drug-likeness (QED) is 0.569. The van der Waals surface area contributed by atoms with Gasteiger partial charge in [0.2, 0.25) is 10.0 Å². The molecule has 0 saturated heterocycles. The predicted octanol–water partition coefficient (Wildman–Crippen LogP) is 4.33. The molecule has 9 heteroatoms. The summed E-state index contributed by atoms with van der Waals surface area (Å²) in [4.78, 5) is -0.0788. The first-order valence-corrected chi connectivity index (χ1v) is 12.2. The number of rotatable bonds is 7. The number of nitrogens with zero attached hydrogens (tertiary/aromatic N) is 3. The fourth-order valence-corrected chi connectivity index (χ4v) is 5.40. The molecule has 0 radical (unpaired) electrons. The summed E-state index contributed by atoms with van der Waals surface area (Å²) in [5.41, 5.74) is 0.991. The van der Waals surface area contributed by atoms with Crippen molar-refractivity contribution in [1.29, 1.82) is 0 Å². The van der Waals surface area contributed by atoms with E-state index in [0.717, 1.165) is 25.3 Å². The SMILES string of the molecule is CC(C)Oc1ccc(-c2ccc(S(=O)(=O)NC3CCCC(n4cnnc4)C3)cc2F)cc1. The molecule has 1 heterocycles. The Kier molecular flexibility index (Phi) is 6.57. The van der Waals surface area contributed by atoms with E-state index in [4.69, 9.17) is 4.74 Å². The average molecular weight is 459 g/mol. The van der Waals surface area contributed by atoms with E-state index in [1.807, 2.05) is 18.4 Å². The summed E-state index contributed by atoms with van der Waals surface area (Å²) >= 11 is 0. The average Bonchev–Trinajstić information content (AvgIpc) is 3.29. The van der Waals surface area contributed by atoms with Gasteiger partial charge in [0, 0.05) is 17.6 Å². The molecule has 1 N–H and O–H groups in total. The predicted molar refractivity (Wildman–Crippen MR) is 119 cm³/mol. The van der Waals surface area contributed by atoms with E-state index < -0.39 is 15.8 Å². The molecule has 0 aliphatic heterocycles. The zero-order valence-corrected chi connectivity index (χ0v) is 18.9.